The average molecular weight is 670 g/mol. The summed E-state index contributed by atoms with van der Waals surface area (Å²) in [6, 6.07) is 51.9. The minimum absolute atomic E-state index is 0.268. The fraction of sp³-hybridized carbons (Fsp3) is 0.0444. The highest BCUT2D eigenvalue weighted by molar-refractivity contribution is 7.18. The van der Waals surface area contributed by atoms with Crippen LogP contribution in [-0.2, 0) is 6.42 Å². The van der Waals surface area contributed by atoms with Gasteiger partial charge in [0.05, 0.1) is 32.6 Å². The molecule has 1 aliphatic heterocycles. The van der Waals surface area contributed by atoms with E-state index >= 15 is 0 Å². The van der Waals surface area contributed by atoms with Crippen molar-refractivity contribution in [3.05, 3.63) is 163 Å². The first-order chi connectivity index (χ1) is 25.3. The maximum Gasteiger partial charge on any atom is 0.162 e. The summed E-state index contributed by atoms with van der Waals surface area (Å²) in [5.41, 5.74) is 13.1. The summed E-state index contributed by atoms with van der Waals surface area (Å²) in [7, 11) is 0. The van der Waals surface area contributed by atoms with Gasteiger partial charge in [-0.25, -0.2) is 15.0 Å². The lowest BCUT2D eigenvalue weighted by Crippen LogP contribution is -2.08. The van der Waals surface area contributed by atoms with Crippen LogP contribution in [0.3, 0.4) is 0 Å². The molecule has 1 unspecified atom stereocenters. The summed E-state index contributed by atoms with van der Waals surface area (Å²) in [5, 5.41) is 5.75. The number of para-hydroxylation sites is 4. The molecule has 0 fully saturated rings. The van der Waals surface area contributed by atoms with Crippen molar-refractivity contribution in [1.82, 2.24) is 24.1 Å². The van der Waals surface area contributed by atoms with Crippen LogP contribution in [0.25, 0.3) is 87.5 Å². The van der Waals surface area contributed by atoms with Gasteiger partial charge in [-0.15, -0.1) is 11.3 Å². The lowest BCUT2D eigenvalue weighted by Gasteiger charge is -2.19. The summed E-state index contributed by atoms with van der Waals surface area (Å²) >= 11 is 1.82. The average Bonchev–Trinajstić information content (AvgIpc) is 3.94. The van der Waals surface area contributed by atoms with Gasteiger partial charge in [-0.2, -0.15) is 0 Å². The minimum atomic E-state index is 0.268. The van der Waals surface area contributed by atoms with Gasteiger partial charge < -0.3 is 4.57 Å². The van der Waals surface area contributed by atoms with Crippen molar-refractivity contribution in [2.45, 2.75) is 12.3 Å². The summed E-state index contributed by atoms with van der Waals surface area (Å²) in [5.74, 6) is 1.87. The maximum absolute atomic E-state index is 5.43. The molecule has 0 saturated carbocycles. The maximum atomic E-state index is 5.43. The van der Waals surface area contributed by atoms with Crippen LogP contribution >= 0.6 is 11.3 Å². The second-order valence-electron chi connectivity index (χ2n) is 13.6. The van der Waals surface area contributed by atoms with Gasteiger partial charge in [0.25, 0.3) is 0 Å². The molecule has 0 amide bonds. The van der Waals surface area contributed by atoms with E-state index in [4.69, 9.17) is 15.0 Å². The Morgan fingerprint density at radius 3 is 2.06 bits per heavy atom. The Labute approximate surface area is 296 Å². The lowest BCUT2D eigenvalue weighted by molar-refractivity contribution is 0.780. The van der Waals surface area contributed by atoms with Gasteiger partial charge in [0, 0.05) is 62.0 Å². The molecule has 1 aliphatic carbocycles. The number of rotatable bonds is 3. The molecule has 6 aromatic carbocycles. The molecule has 6 heteroatoms. The second-order valence-corrected chi connectivity index (χ2v) is 14.6. The molecule has 238 valence electrons. The quantitative estimate of drug-likeness (QED) is 0.188. The number of hydrogen-bond acceptors (Lipinski definition) is 4. The summed E-state index contributed by atoms with van der Waals surface area (Å²) in [6.45, 7) is 0. The minimum Gasteiger partial charge on any atom is -0.312 e. The van der Waals surface area contributed by atoms with Crippen LogP contribution in [0.4, 0.5) is 0 Å². The largest absolute Gasteiger partial charge is 0.312 e. The van der Waals surface area contributed by atoms with Crippen LogP contribution in [0, 0.1) is 0 Å². The summed E-state index contributed by atoms with van der Waals surface area (Å²) in [4.78, 5) is 17.2. The number of benzene rings is 6. The molecule has 0 bridgehead atoms. The fourth-order valence-corrected chi connectivity index (χ4v) is 9.88. The molecular formula is C45H27N5S. The van der Waals surface area contributed by atoms with E-state index in [1.165, 1.54) is 60.3 Å². The molecule has 5 nitrogen and oxygen atoms in total. The van der Waals surface area contributed by atoms with Crippen molar-refractivity contribution in [1.29, 1.82) is 0 Å². The Kier molecular flexibility index (Phi) is 5.43. The topological polar surface area (TPSA) is 48.5 Å². The molecule has 0 saturated heterocycles. The molecule has 1 atom stereocenters. The second kappa shape index (κ2) is 10.1. The fourth-order valence-electron chi connectivity index (χ4n) is 8.71. The highest BCUT2D eigenvalue weighted by atomic mass is 32.1. The van der Waals surface area contributed by atoms with Gasteiger partial charge in [0.1, 0.15) is 10.8 Å². The number of hydrogen-bond donors (Lipinski definition) is 0. The van der Waals surface area contributed by atoms with Crippen LogP contribution in [0.5, 0.6) is 0 Å². The van der Waals surface area contributed by atoms with Crippen molar-refractivity contribution in [2.75, 3.05) is 0 Å². The Morgan fingerprint density at radius 1 is 0.549 bits per heavy atom. The zero-order valence-electron chi connectivity index (χ0n) is 27.3. The van der Waals surface area contributed by atoms with Crippen molar-refractivity contribution in [3.63, 3.8) is 0 Å². The van der Waals surface area contributed by atoms with Gasteiger partial charge in [0.15, 0.2) is 5.82 Å². The molecular weight excluding hydrogens is 643 g/mol. The van der Waals surface area contributed by atoms with Crippen molar-refractivity contribution in [2.24, 2.45) is 0 Å². The predicted octanol–water partition coefficient (Wildman–Crippen LogP) is 11.1. The van der Waals surface area contributed by atoms with E-state index < -0.39 is 0 Å². The molecule has 0 spiro atoms. The van der Waals surface area contributed by atoms with Gasteiger partial charge >= 0.3 is 0 Å². The summed E-state index contributed by atoms with van der Waals surface area (Å²) in [6.07, 6.45) is 0.905. The first-order valence-electron chi connectivity index (χ1n) is 17.4. The number of nitrogens with zero attached hydrogens (tertiary/aromatic N) is 5. The summed E-state index contributed by atoms with van der Waals surface area (Å²) < 4.78 is 4.81. The van der Waals surface area contributed by atoms with Gasteiger partial charge in [-0.1, -0.05) is 97.1 Å². The Bertz CT molecular complexity index is 3020. The Morgan fingerprint density at radius 2 is 1.24 bits per heavy atom. The van der Waals surface area contributed by atoms with Crippen molar-refractivity contribution >= 4 is 54.9 Å². The monoisotopic (exact) mass is 669 g/mol. The highest BCUT2D eigenvalue weighted by Crippen LogP contribution is 2.56. The molecule has 4 aromatic heterocycles. The predicted molar refractivity (Wildman–Crippen MR) is 208 cm³/mol. The van der Waals surface area contributed by atoms with E-state index in [1.807, 2.05) is 11.3 Å². The normalized spacial score (nSPS) is 14.4. The molecule has 12 rings (SSSR count). The third kappa shape index (κ3) is 3.72. The van der Waals surface area contributed by atoms with E-state index in [0.29, 0.717) is 5.82 Å². The molecule has 10 aromatic rings. The van der Waals surface area contributed by atoms with Gasteiger partial charge in [-0.3, -0.25) is 4.57 Å². The molecule has 51 heavy (non-hydrogen) atoms. The first kappa shape index (κ1) is 27.5. The van der Waals surface area contributed by atoms with E-state index in [-0.39, 0.29) is 5.92 Å². The Balaban J connectivity index is 1.13. The Hall–Kier alpha value is -6.37. The number of fused-ring (bicyclic) bond motifs is 12. The smallest absolute Gasteiger partial charge is 0.162 e. The molecule has 5 heterocycles. The van der Waals surface area contributed by atoms with E-state index in [2.05, 4.69) is 155 Å². The SMILES string of the molecule is c1ccc(-c2nc3c(s2)-c2c4n(c5ccc(-c6nc(-n7c8ccccc8c8ccccc87)c7ccccc7n6)cc25)-c2ccccc2C4C3)cc1. The van der Waals surface area contributed by atoms with E-state index in [1.54, 1.807) is 0 Å². The zero-order chi connectivity index (χ0) is 33.2. The third-order valence-corrected chi connectivity index (χ3v) is 12.0. The van der Waals surface area contributed by atoms with Crippen molar-refractivity contribution < 1.29 is 0 Å². The number of aromatic nitrogens is 5. The standard InChI is InChI=1S/C45H27N5S/c1-2-12-26(13-3-1)45-47-35-25-32-30-16-7-9-19-36(30)49-39-23-22-27(24-33(39)40(41(32)49)42(35)51-45)43-46-34-18-8-4-17-31(34)44(48-43)50-37-20-10-5-14-28(37)29-15-6-11-21-38(29)50/h1-24,32H,25H2. The molecule has 0 N–H and O–H groups in total. The van der Waals surface area contributed by atoms with E-state index in [9.17, 15) is 0 Å². The zero-order valence-corrected chi connectivity index (χ0v) is 28.1. The third-order valence-electron chi connectivity index (χ3n) is 10.9. The molecule has 0 radical (unpaired) electrons. The van der Waals surface area contributed by atoms with Crippen LogP contribution in [0.2, 0.25) is 0 Å². The lowest BCUT2D eigenvalue weighted by atomic mass is 9.85. The molecule has 2 aliphatic rings. The number of thiazole rings is 1. The van der Waals surface area contributed by atoms with Crippen LogP contribution in [-0.4, -0.2) is 24.1 Å². The van der Waals surface area contributed by atoms with Crippen LogP contribution in [0.15, 0.2) is 146 Å². The first-order valence-corrected chi connectivity index (χ1v) is 18.2. The van der Waals surface area contributed by atoms with Crippen molar-refractivity contribution in [3.8, 4) is 43.9 Å². The van der Waals surface area contributed by atoms with Gasteiger partial charge in [0.2, 0.25) is 0 Å². The van der Waals surface area contributed by atoms with Crippen LogP contribution in [0.1, 0.15) is 22.9 Å². The van der Waals surface area contributed by atoms with Crippen LogP contribution < -0.4 is 0 Å². The van der Waals surface area contributed by atoms with Gasteiger partial charge in [-0.05, 0) is 54.1 Å². The van der Waals surface area contributed by atoms with E-state index in [0.717, 1.165) is 44.7 Å². The highest BCUT2D eigenvalue weighted by Gasteiger charge is 2.40.